The summed E-state index contributed by atoms with van der Waals surface area (Å²) in [6.45, 7) is 2.95. The number of methoxy groups -OCH3 is 1. The van der Waals surface area contributed by atoms with Gasteiger partial charge in [-0.15, -0.1) is 0 Å². The third kappa shape index (κ3) is 5.20. The number of para-hydroxylation sites is 1. The van der Waals surface area contributed by atoms with Gasteiger partial charge in [0.2, 0.25) is 5.91 Å². The Morgan fingerprint density at radius 3 is 2.55 bits per heavy atom. The molecule has 0 radical (unpaired) electrons. The predicted octanol–water partition coefficient (Wildman–Crippen LogP) is 5.41. The molecule has 1 unspecified atom stereocenters. The van der Waals surface area contributed by atoms with Crippen LogP contribution in [0.25, 0.3) is 10.9 Å². The number of carbonyl (C=O) groups excluding carboxylic acids is 1. The molecule has 3 rings (SSSR count). The maximum atomic E-state index is 12.8. The number of rotatable bonds is 10. The van der Waals surface area contributed by atoms with E-state index >= 15 is 0 Å². The smallest absolute Gasteiger partial charge is 0.220 e. The molecular formula is C25H32N2O2. The molecule has 0 aliphatic heterocycles. The number of ether oxygens (including phenoxy) is 1. The Morgan fingerprint density at radius 1 is 1.07 bits per heavy atom. The molecule has 1 amide bonds. The molecule has 4 heteroatoms. The first-order valence-corrected chi connectivity index (χ1v) is 10.6. The van der Waals surface area contributed by atoms with Gasteiger partial charge in [0, 0.05) is 43.0 Å². The highest BCUT2D eigenvalue weighted by atomic mass is 16.5. The zero-order chi connectivity index (χ0) is 20.6. The number of hydrogen-bond donors (Lipinski definition) is 1. The topological polar surface area (TPSA) is 43.3 Å². The lowest BCUT2D eigenvalue weighted by Crippen LogP contribution is -2.26. The summed E-state index contributed by atoms with van der Waals surface area (Å²) in [7, 11) is 3.73. The zero-order valence-electron chi connectivity index (χ0n) is 17.8. The van der Waals surface area contributed by atoms with Crippen LogP contribution in [-0.2, 0) is 11.8 Å². The van der Waals surface area contributed by atoms with E-state index in [2.05, 4.69) is 66.5 Å². The third-order valence-corrected chi connectivity index (χ3v) is 5.56. The van der Waals surface area contributed by atoms with Gasteiger partial charge in [-0.3, -0.25) is 4.79 Å². The van der Waals surface area contributed by atoms with Crippen molar-refractivity contribution >= 4 is 16.8 Å². The lowest BCUT2D eigenvalue weighted by molar-refractivity contribution is -0.121. The monoisotopic (exact) mass is 392 g/mol. The molecule has 0 bridgehead atoms. The summed E-state index contributed by atoms with van der Waals surface area (Å²) in [5.74, 6) is 0.934. The molecule has 29 heavy (non-hydrogen) atoms. The van der Waals surface area contributed by atoms with E-state index in [1.54, 1.807) is 7.11 Å². The average molecular weight is 393 g/mol. The van der Waals surface area contributed by atoms with E-state index in [1.165, 1.54) is 35.7 Å². The van der Waals surface area contributed by atoms with Crippen molar-refractivity contribution in [3.05, 3.63) is 65.9 Å². The molecule has 1 atom stereocenters. The molecule has 1 heterocycles. The minimum atomic E-state index is 0.00245. The Kier molecular flexibility index (Phi) is 7.34. The fourth-order valence-corrected chi connectivity index (χ4v) is 3.93. The molecule has 0 aliphatic carbocycles. The molecule has 2 aromatic carbocycles. The van der Waals surface area contributed by atoms with Crippen LogP contribution in [-0.4, -0.2) is 24.1 Å². The summed E-state index contributed by atoms with van der Waals surface area (Å²) in [5.41, 5.74) is 3.50. The summed E-state index contributed by atoms with van der Waals surface area (Å²) in [5, 5.41) is 4.32. The largest absolute Gasteiger partial charge is 0.497 e. The molecule has 3 aromatic rings. The molecule has 0 saturated carbocycles. The van der Waals surface area contributed by atoms with Crippen LogP contribution < -0.4 is 10.1 Å². The van der Waals surface area contributed by atoms with E-state index < -0.39 is 0 Å². The minimum Gasteiger partial charge on any atom is -0.497 e. The van der Waals surface area contributed by atoms with Crippen LogP contribution in [0.5, 0.6) is 5.75 Å². The van der Waals surface area contributed by atoms with E-state index in [1.807, 2.05) is 12.1 Å². The van der Waals surface area contributed by atoms with Gasteiger partial charge in [-0.2, -0.15) is 0 Å². The molecular weight excluding hydrogens is 360 g/mol. The van der Waals surface area contributed by atoms with Crippen molar-refractivity contribution < 1.29 is 9.53 Å². The average Bonchev–Trinajstić information content (AvgIpc) is 3.08. The Morgan fingerprint density at radius 2 is 1.83 bits per heavy atom. The van der Waals surface area contributed by atoms with Crippen LogP contribution in [0, 0.1) is 0 Å². The fraction of sp³-hybridized carbons (Fsp3) is 0.400. The lowest BCUT2D eigenvalue weighted by Gasteiger charge is -2.18. The number of hydrogen-bond acceptors (Lipinski definition) is 2. The van der Waals surface area contributed by atoms with Crippen LogP contribution in [0.2, 0.25) is 0 Å². The summed E-state index contributed by atoms with van der Waals surface area (Å²) >= 11 is 0. The van der Waals surface area contributed by atoms with E-state index in [4.69, 9.17) is 4.74 Å². The maximum absolute atomic E-state index is 12.8. The number of aromatic nitrogens is 1. The van der Waals surface area contributed by atoms with Crippen LogP contribution in [0.3, 0.4) is 0 Å². The molecule has 1 aromatic heterocycles. The number of amides is 1. The molecule has 4 nitrogen and oxygen atoms in total. The quantitative estimate of drug-likeness (QED) is 0.469. The molecule has 154 valence electrons. The molecule has 0 fully saturated rings. The Balaban J connectivity index is 1.84. The van der Waals surface area contributed by atoms with Gasteiger partial charge in [-0.1, -0.05) is 56.5 Å². The number of unbranched alkanes of at least 4 members (excludes halogenated alkanes) is 3. The first kappa shape index (κ1) is 21.0. The van der Waals surface area contributed by atoms with Crippen molar-refractivity contribution in [2.24, 2.45) is 7.05 Å². The number of benzene rings is 2. The zero-order valence-corrected chi connectivity index (χ0v) is 17.8. The van der Waals surface area contributed by atoms with Gasteiger partial charge >= 0.3 is 0 Å². The second kappa shape index (κ2) is 10.1. The van der Waals surface area contributed by atoms with Gasteiger partial charge in [-0.25, -0.2) is 0 Å². The Bertz CT molecular complexity index is 928. The minimum absolute atomic E-state index is 0.00245. The van der Waals surface area contributed by atoms with Gasteiger partial charge in [0.25, 0.3) is 0 Å². The third-order valence-electron chi connectivity index (χ3n) is 5.56. The second-order valence-corrected chi connectivity index (χ2v) is 7.65. The normalized spacial score (nSPS) is 12.1. The summed E-state index contributed by atoms with van der Waals surface area (Å²) < 4.78 is 7.45. The highest BCUT2D eigenvalue weighted by Crippen LogP contribution is 2.35. The Labute approximate surface area is 173 Å². The van der Waals surface area contributed by atoms with Crippen molar-refractivity contribution in [1.29, 1.82) is 0 Å². The van der Waals surface area contributed by atoms with Crippen LogP contribution in [0.15, 0.2) is 54.7 Å². The number of nitrogens with zero attached hydrogens (tertiary/aromatic N) is 1. The summed E-state index contributed by atoms with van der Waals surface area (Å²) in [6, 6.07) is 16.5. The van der Waals surface area contributed by atoms with Crippen molar-refractivity contribution in [2.75, 3.05) is 13.7 Å². The van der Waals surface area contributed by atoms with E-state index in [0.29, 0.717) is 6.42 Å². The van der Waals surface area contributed by atoms with E-state index in [9.17, 15) is 4.79 Å². The van der Waals surface area contributed by atoms with Gasteiger partial charge in [-0.05, 0) is 35.7 Å². The van der Waals surface area contributed by atoms with Gasteiger partial charge < -0.3 is 14.6 Å². The summed E-state index contributed by atoms with van der Waals surface area (Å²) in [6.07, 6.45) is 7.24. The molecule has 0 spiro atoms. The van der Waals surface area contributed by atoms with E-state index in [0.717, 1.165) is 24.3 Å². The number of carbonyl (C=O) groups is 1. The number of nitrogens with one attached hydrogen (secondary N) is 1. The van der Waals surface area contributed by atoms with Crippen molar-refractivity contribution in [2.45, 2.75) is 44.9 Å². The van der Waals surface area contributed by atoms with Crippen LogP contribution in [0.4, 0.5) is 0 Å². The predicted molar refractivity (Wildman–Crippen MR) is 120 cm³/mol. The number of fused-ring (bicyclic) bond motifs is 1. The van der Waals surface area contributed by atoms with Crippen molar-refractivity contribution in [1.82, 2.24) is 9.88 Å². The first-order chi connectivity index (χ1) is 14.1. The standard InChI is InChI=1S/C25H32N2O2/c1-4-5-6-9-16-26-25(28)17-22(19-12-14-20(29-3)15-13-19)23-18-27(2)24-11-8-7-10-21(23)24/h7-8,10-15,18,22H,4-6,9,16-17H2,1-3H3,(H,26,28). The van der Waals surface area contributed by atoms with E-state index in [-0.39, 0.29) is 11.8 Å². The lowest BCUT2D eigenvalue weighted by atomic mass is 9.88. The summed E-state index contributed by atoms with van der Waals surface area (Å²) in [4.78, 5) is 12.8. The Hall–Kier alpha value is -2.75. The van der Waals surface area contributed by atoms with Crippen LogP contribution in [0.1, 0.15) is 56.1 Å². The first-order valence-electron chi connectivity index (χ1n) is 10.6. The van der Waals surface area contributed by atoms with Gasteiger partial charge in [0.1, 0.15) is 5.75 Å². The highest BCUT2D eigenvalue weighted by molar-refractivity contribution is 5.86. The number of aryl methyl sites for hydroxylation is 1. The molecule has 0 saturated heterocycles. The fourth-order valence-electron chi connectivity index (χ4n) is 3.93. The molecule has 0 aliphatic rings. The SMILES string of the molecule is CCCCCCNC(=O)CC(c1ccc(OC)cc1)c1cn(C)c2ccccc12. The second-order valence-electron chi connectivity index (χ2n) is 7.65. The van der Waals surface area contributed by atoms with Crippen molar-refractivity contribution in [3.8, 4) is 5.75 Å². The maximum Gasteiger partial charge on any atom is 0.220 e. The van der Waals surface area contributed by atoms with Gasteiger partial charge in [0.05, 0.1) is 7.11 Å². The van der Waals surface area contributed by atoms with Crippen LogP contribution >= 0.6 is 0 Å². The highest BCUT2D eigenvalue weighted by Gasteiger charge is 2.22. The van der Waals surface area contributed by atoms with Gasteiger partial charge in [0.15, 0.2) is 0 Å². The molecule has 1 N–H and O–H groups in total. The van der Waals surface area contributed by atoms with Crippen molar-refractivity contribution in [3.63, 3.8) is 0 Å².